The molecule has 0 aliphatic carbocycles. The van der Waals surface area contributed by atoms with Gasteiger partial charge >= 0.3 is 5.97 Å². The van der Waals surface area contributed by atoms with E-state index in [1.54, 1.807) is 10.8 Å². The number of benzene rings is 1. The smallest absolute Gasteiger partial charge is 0.377 e. The predicted molar refractivity (Wildman–Crippen MR) is 64.4 cm³/mol. The number of aromatic nitrogens is 1. The van der Waals surface area contributed by atoms with Crippen molar-refractivity contribution in [3.8, 4) is 0 Å². The van der Waals surface area contributed by atoms with Gasteiger partial charge in [-0.05, 0) is 25.5 Å². The molecule has 0 saturated carbocycles. The molecular formula is C13H13NO3. The summed E-state index contributed by atoms with van der Waals surface area (Å²) in [7, 11) is 1.81. The van der Waals surface area contributed by atoms with Crippen molar-refractivity contribution in [2.24, 2.45) is 7.05 Å². The van der Waals surface area contributed by atoms with E-state index in [-0.39, 0.29) is 5.56 Å². The predicted octanol–water partition coefficient (Wildman–Crippen LogP) is 2.06. The summed E-state index contributed by atoms with van der Waals surface area (Å²) < 4.78 is 1.79. The molecular weight excluding hydrogens is 218 g/mol. The Labute approximate surface area is 98.5 Å². The number of Topliss-reactive ketones (excluding diaryl/α,β-unsaturated/α-hetero) is 1. The van der Waals surface area contributed by atoms with E-state index in [0.29, 0.717) is 5.39 Å². The molecule has 4 heteroatoms. The fourth-order valence-corrected chi connectivity index (χ4v) is 2.26. The van der Waals surface area contributed by atoms with Crippen LogP contribution in [0, 0.1) is 13.8 Å². The first-order chi connectivity index (χ1) is 7.91. The number of carbonyl (C=O) groups is 2. The highest BCUT2D eigenvalue weighted by molar-refractivity contribution is 6.42. The van der Waals surface area contributed by atoms with Gasteiger partial charge in [-0.1, -0.05) is 11.6 Å². The van der Waals surface area contributed by atoms with E-state index in [1.165, 1.54) is 0 Å². The normalized spacial score (nSPS) is 10.8. The number of aliphatic carboxylic acids is 1. The second-order valence-electron chi connectivity index (χ2n) is 4.27. The van der Waals surface area contributed by atoms with Gasteiger partial charge in [0.05, 0.1) is 11.1 Å². The van der Waals surface area contributed by atoms with E-state index < -0.39 is 11.8 Å². The summed E-state index contributed by atoms with van der Waals surface area (Å²) in [6, 6.07) is 3.86. The molecule has 88 valence electrons. The van der Waals surface area contributed by atoms with E-state index in [2.05, 4.69) is 0 Å². The van der Waals surface area contributed by atoms with Crippen LogP contribution in [0.4, 0.5) is 0 Å². The maximum atomic E-state index is 11.6. The van der Waals surface area contributed by atoms with Gasteiger partial charge in [-0.25, -0.2) is 4.79 Å². The number of fused-ring (bicyclic) bond motifs is 1. The number of ketones is 1. The fourth-order valence-electron chi connectivity index (χ4n) is 2.26. The second kappa shape index (κ2) is 3.73. The SMILES string of the molecule is Cc1cc(C)c2c(c1)c(C(=O)C(=O)O)cn2C. The van der Waals surface area contributed by atoms with Crippen molar-refractivity contribution in [2.45, 2.75) is 13.8 Å². The third-order valence-electron chi connectivity index (χ3n) is 2.85. The van der Waals surface area contributed by atoms with Crippen LogP contribution in [-0.4, -0.2) is 21.4 Å². The van der Waals surface area contributed by atoms with Crippen molar-refractivity contribution in [3.63, 3.8) is 0 Å². The molecule has 1 aromatic heterocycles. The van der Waals surface area contributed by atoms with Crippen LogP contribution in [0.5, 0.6) is 0 Å². The molecule has 0 saturated heterocycles. The monoisotopic (exact) mass is 231 g/mol. The summed E-state index contributed by atoms with van der Waals surface area (Å²) in [5, 5.41) is 9.49. The molecule has 17 heavy (non-hydrogen) atoms. The molecule has 0 unspecified atom stereocenters. The Morgan fingerprint density at radius 2 is 1.88 bits per heavy atom. The summed E-state index contributed by atoms with van der Waals surface area (Å²) in [5.74, 6) is -2.28. The molecule has 0 fully saturated rings. The zero-order valence-electron chi connectivity index (χ0n) is 9.94. The average Bonchev–Trinajstić information content (AvgIpc) is 2.54. The van der Waals surface area contributed by atoms with Crippen molar-refractivity contribution in [2.75, 3.05) is 0 Å². The largest absolute Gasteiger partial charge is 0.475 e. The van der Waals surface area contributed by atoms with Crippen LogP contribution < -0.4 is 0 Å². The number of rotatable bonds is 2. The first-order valence-electron chi connectivity index (χ1n) is 5.25. The van der Waals surface area contributed by atoms with Crippen LogP contribution in [0.25, 0.3) is 10.9 Å². The van der Waals surface area contributed by atoms with Crippen LogP contribution in [-0.2, 0) is 11.8 Å². The number of nitrogens with zero attached hydrogens (tertiary/aromatic N) is 1. The molecule has 2 aromatic rings. The molecule has 0 atom stereocenters. The van der Waals surface area contributed by atoms with Gasteiger partial charge in [0, 0.05) is 18.6 Å². The summed E-state index contributed by atoms with van der Waals surface area (Å²) in [6.07, 6.45) is 1.58. The summed E-state index contributed by atoms with van der Waals surface area (Å²) in [6.45, 7) is 3.87. The number of hydrogen-bond donors (Lipinski definition) is 1. The Morgan fingerprint density at radius 1 is 1.24 bits per heavy atom. The minimum absolute atomic E-state index is 0.252. The Hall–Kier alpha value is -2.10. The standard InChI is InChI=1S/C13H13NO3/c1-7-4-8(2)11-9(5-7)10(6-14(11)3)12(15)13(16)17/h4-6H,1-3H3,(H,16,17). The third-order valence-corrected chi connectivity index (χ3v) is 2.85. The topological polar surface area (TPSA) is 59.3 Å². The van der Waals surface area contributed by atoms with Crippen molar-refractivity contribution >= 4 is 22.7 Å². The van der Waals surface area contributed by atoms with Gasteiger partial charge in [0.25, 0.3) is 5.78 Å². The first kappa shape index (κ1) is 11.4. The molecule has 0 aliphatic rings. The lowest BCUT2D eigenvalue weighted by Gasteiger charge is -2.02. The zero-order chi connectivity index (χ0) is 12.7. The van der Waals surface area contributed by atoms with Crippen LogP contribution in [0.2, 0.25) is 0 Å². The van der Waals surface area contributed by atoms with Crippen molar-refractivity contribution in [1.82, 2.24) is 4.57 Å². The van der Waals surface area contributed by atoms with Crippen molar-refractivity contribution in [1.29, 1.82) is 0 Å². The molecule has 0 radical (unpaired) electrons. The summed E-state index contributed by atoms with van der Waals surface area (Å²) in [5.41, 5.74) is 3.20. The molecule has 0 aliphatic heterocycles. The number of carboxylic acid groups (broad SMARTS) is 1. The number of aryl methyl sites for hydroxylation is 3. The zero-order valence-corrected chi connectivity index (χ0v) is 9.94. The van der Waals surface area contributed by atoms with E-state index in [0.717, 1.165) is 16.6 Å². The lowest BCUT2D eigenvalue weighted by atomic mass is 10.0. The molecule has 0 bridgehead atoms. The Balaban J connectivity index is 2.83. The van der Waals surface area contributed by atoms with Gasteiger partial charge in [0.15, 0.2) is 0 Å². The number of carbonyl (C=O) groups excluding carboxylic acids is 1. The van der Waals surface area contributed by atoms with E-state index >= 15 is 0 Å². The van der Waals surface area contributed by atoms with Gasteiger partial charge in [0.1, 0.15) is 0 Å². The summed E-state index contributed by atoms with van der Waals surface area (Å²) >= 11 is 0. The Bertz CT molecular complexity index is 638. The minimum atomic E-state index is -1.42. The maximum Gasteiger partial charge on any atom is 0.377 e. The lowest BCUT2D eigenvalue weighted by Crippen LogP contribution is -2.12. The molecule has 1 N–H and O–H groups in total. The number of hydrogen-bond acceptors (Lipinski definition) is 2. The van der Waals surface area contributed by atoms with Crippen LogP contribution in [0.3, 0.4) is 0 Å². The average molecular weight is 231 g/mol. The van der Waals surface area contributed by atoms with E-state index in [1.807, 2.05) is 33.0 Å². The maximum absolute atomic E-state index is 11.6. The second-order valence-corrected chi connectivity index (χ2v) is 4.27. The van der Waals surface area contributed by atoms with Gasteiger partial charge in [0.2, 0.25) is 0 Å². The highest BCUT2D eigenvalue weighted by Crippen LogP contribution is 2.25. The van der Waals surface area contributed by atoms with Gasteiger partial charge < -0.3 is 9.67 Å². The van der Waals surface area contributed by atoms with E-state index in [9.17, 15) is 9.59 Å². The van der Waals surface area contributed by atoms with Gasteiger partial charge in [-0.2, -0.15) is 0 Å². The quantitative estimate of drug-likeness (QED) is 0.635. The molecule has 1 aromatic carbocycles. The highest BCUT2D eigenvalue weighted by atomic mass is 16.4. The molecule has 0 amide bonds. The van der Waals surface area contributed by atoms with Gasteiger partial charge in [-0.3, -0.25) is 4.79 Å². The third kappa shape index (κ3) is 1.71. The Morgan fingerprint density at radius 3 is 2.47 bits per heavy atom. The molecule has 0 spiro atoms. The number of carboxylic acids is 1. The molecule has 2 rings (SSSR count). The minimum Gasteiger partial charge on any atom is -0.475 e. The fraction of sp³-hybridized carbons (Fsp3) is 0.231. The van der Waals surface area contributed by atoms with Crippen LogP contribution in [0.15, 0.2) is 18.3 Å². The first-order valence-corrected chi connectivity index (χ1v) is 5.25. The highest BCUT2D eigenvalue weighted by Gasteiger charge is 2.20. The molecule has 1 heterocycles. The van der Waals surface area contributed by atoms with Crippen LogP contribution in [0.1, 0.15) is 21.5 Å². The van der Waals surface area contributed by atoms with Crippen molar-refractivity contribution < 1.29 is 14.7 Å². The van der Waals surface area contributed by atoms with Crippen LogP contribution >= 0.6 is 0 Å². The summed E-state index contributed by atoms with van der Waals surface area (Å²) in [4.78, 5) is 22.3. The Kier molecular flexibility index (Phi) is 2.50. The van der Waals surface area contributed by atoms with E-state index in [4.69, 9.17) is 5.11 Å². The lowest BCUT2D eigenvalue weighted by molar-refractivity contribution is -0.131. The van der Waals surface area contributed by atoms with Gasteiger partial charge in [-0.15, -0.1) is 0 Å². The molecule has 4 nitrogen and oxygen atoms in total. The van der Waals surface area contributed by atoms with Crippen molar-refractivity contribution in [3.05, 3.63) is 35.0 Å².